The van der Waals surface area contributed by atoms with Gasteiger partial charge in [-0.2, -0.15) is 0 Å². The fourth-order valence-corrected chi connectivity index (χ4v) is 1.85. The van der Waals surface area contributed by atoms with E-state index in [1.165, 1.54) is 0 Å². The van der Waals surface area contributed by atoms with E-state index in [0.717, 1.165) is 11.3 Å². The molecule has 0 heterocycles. The number of aryl methyl sites for hydroxylation is 1. The fraction of sp³-hybridized carbons (Fsp3) is 0.462. The molecule has 0 spiro atoms. The Morgan fingerprint density at radius 2 is 2.06 bits per heavy atom. The molecule has 17 heavy (non-hydrogen) atoms. The summed E-state index contributed by atoms with van der Waals surface area (Å²) in [7, 11) is 1.89. The molecule has 0 saturated carbocycles. The van der Waals surface area contributed by atoms with Gasteiger partial charge in [-0.15, -0.1) is 0 Å². The van der Waals surface area contributed by atoms with Gasteiger partial charge in [0.05, 0.1) is 5.60 Å². The van der Waals surface area contributed by atoms with E-state index in [9.17, 15) is 5.11 Å². The van der Waals surface area contributed by atoms with Crippen LogP contribution in [0.15, 0.2) is 18.2 Å². The zero-order valence-corrected chi connectivity index (χ0v) is 10.9. The predicted octanol–water partition coefficient (Wildman–Crippen LogP) is 1.49. The Labute approximate surface area is 103 Å². The third-order valence-electron chi connectivity index (χ3n) is 2.48. The van der Waals surface area contributed by atoms with Gasteiger partial charge in [-0.3, -0.25) is 5.41 Å². The summed E-state index contributed by atoms with van der Waals surface area (Å²) >= 11 is 0. The maximum Gasteiger partial charge on any atom is 0.124 e. The Morgan fingerprint density at radius 1 is 1.47 bits per heavy atom. The summed E-state index contributed by atoms with van der Waals surface area (Å²) in [6.45, 7) is 5.99. The Balaban J connectivity index is 3.10. The molecule has 4 nitrogen and oxygen atoms in total. The van der Waals surface area contributed by atoms with Crippen molar-refractivity contribution in [1.82, 2.24) is 0 Å². The lowest BCUT2D eigenvalue weighted by Gasteiger charge is -2.29. The molecule has 94 valence electrons. The van der Waals surface area contributed by atoms with Crippen molar-refractivity contribution in [2.75, 3.05) is 18.5 Å². The molecule has 0 unspecified atom stereocenters. The second-order valence-corrected chi connectivity index (χ2v) is 5.10. The minimum absolute atomic E-state index is 0.0441. The number of anilines is 1. The van der Waals surface area contributed by atoms with Crippen LogP contribution in [0.1, 0.15) is 25.0 Å². The SMILES string of the molecule is Cc1ccc(C(=N)N)c(N(C)CC(C)(C)O)c1. The largest absolute Gasteiger partial charge is 0.389 e. The number of likely N-dealkylation sites (N-methyl/N-ethyl adjacent to an activating group) is 1. The van der Waals surface area contributed by atoms with Crippen LogP contribution in [-0.4, -0.2) is 30.1 Å². The number of nitrogens with zero attached hydrogens (tertiary/aromatic N) is 1. The summed E-state index contributed by atoms with van der Waals surface area (Å²) < 4.78 is 0. The Hall–Kier alpha value is -1.55. The van der Waals surface area contributed by atoms with E-state index in [-0.39, 0.29) is 5.84 Å². The summed E-state index contributed by atoms with van der Waals surface area (Å²) in [5.41, 5.74) is 7.45. The first kappa shape index (κ1) is 13.5. The van der Waals surface area contributed by atoms with Crippen LogP contribution in [-0.2, 0) is 0 Å². The van der Waals surface area contributed by atoms with Crippen LogP contribution in [0.2, 0.25) is 0 Å². The molecular weight excluding hydrogens is 214 g/mol. The summed E-state index contributed by atoms with van der Waals surface area (Å²) in [6.07, 6.45) is 0. The maximum absolute atomic E-state index is 9.82. The number of hydrogen-bond acceptors (Lipinski definition) is 3. The number of nitrogens with two attached hydrogens (primary N) is 1. The lowest BCUT2D eigenvalue weighted by Crippen LogP contribution is -2.37. The van der Waals surface area contributed by atoms with Crippen molar-refractivity contribution in [3.63, 3.8) is 0 Å². The van der Waals surface area contributed by atoms with Crippen LogP contribution in [0, 0.1) is 12.3 Å². The predicted molar refractivity (Wildman–Crippen MR) is 71.8 cm³/mol. The highest BCUT2D eigenvalue weighted by Crippen LogP contribution is 2.22. The van der Waals surface area contributed by atoms with Crippen molar-refractivity contribution in [1.29, 1.82) is 5.41 Å². The summed E-state index contributed by atoms with van der Waals surface area (Å²) in [5.74, 6) is 0.0441. The molecule has 1 aromatic rings. The number of rotatable bonds is 4. The molecule has 0 atom stereocenters. The minimum atomic E-state index is -0.785. The first-order chi connectivity index (χ1) is 7.70. The van der Waals surface area contributed by atoms with Crippen LogP contribution < -0.4 is 10.6 Å². The molecule has 0 aromatic heterocycles. The van der Waals surface area contributed by atoms with Crippen LogP contribution in [0.3, 0.4) is 0 Å². The normalized spacial score (nSPS) is 11.4. The Kier molecular flexibility index (Phi) is 3.78. The van der Waals surface area contributed by atoms with E-state index in [0.29, 0.717) is 12.1 Å². The Morgan fingerprint density at radius 3 is 2.53 bits per heavy atom. The number of benzene rings is 1. The van der Waals surface area contributed by atoms with Gasteiger partial charge in [0.25, 0.3) is 0 Å². The van der Waals surface area contributed by atoms with Gasteiger partial charge in [0.1, 0.15) is 5.84 Å². The van der Waals surface area contributed by atoms with Crippen molar-refractivity contribution in [2.45, 2.75) is 26.4 Å². The summed E-state index contributed by atoms with van der Waals surface area (Å²) in [5, 5.41) is 17.4. The average molecular weight is 235 g/mol. The van der Waals surface area contributed by atoms with Crippen molar-refractivity contribution in [3.8, 4) is 0 Å². The molecule has 0 saturated heterocycles. The van der Waals surface area contributed by atoms with Crippen molar-refractivity contribution < 1.29 is 5.11 Å². The number of nitrogen functional groups attached to an aromatic ring is 1. The lowest BCUT2D eigenvalue weighted by molar-refractivity contribution is 0.0886. The minimum Gasteiger partial charge on any atom is -0.389 e. The van der Waals surface area contributed by atoms with E-state index >= 15 is 0 Å². The molecule has 0 bridgehead atoms. The van der Waals surface area contributed by atoms with Crippen LogP contribution >= 0.6 is 0 Å². The summed E-state index contributed by atoms with van der Waals surface area (Å²) in [6, 6.07) is 5.74. The number of aliphatic hydroxyl groups is 1. The molecule has 4 heteroatoms. The number of hydrogen-bond donors (Lipinski definition) is 3. The second kappa shape index (κ2) is 4.75. The summed E-state index contributed by atoms with van der Waals surface area (Å²) in [4.78, 5) is 1.92. The zero-order valence-electron chi connectivity index (χ0n) is 10.9. The van der Waals surface area contributed by atoms with Gasteiger partial charge in [0.2, 0.25) is 0 Å². The van der Waals surface area contributed by atoms with E-state index in [1.807, 2.05) is 37.1 Å². The van der Waals surface area contributed by atoms with Crippen LogP contribution in [0.4, 0.5) is 5.69 Å². The zero-order chi connectivity index (χ0) is 13.2. The maximum atomic E-state index is 9.82. The molecule has 0 aliphatic carbocycles. The third kappa shape index (κ3) is 3.75. The van der Waals surface area contributed by atoms with Gasteiger partial charge in [-0.05, 0) is 38.5 Å². The molecular formula is C13H21N3O. The number of nitrogens with one attached hydrogen (secondary N) is 1. The van der Waals surface area contributed by atoms with Gasteiger partial charge in [-0.25, -0.2) is 0 Å². The Bertz CT molecular complexity index is 421. The van der Waals surface area contributed by atoms with Gasteiger partial charge >= 0.3 is 0 Å². The highest BCUT2D eigenvalue weighted by Gasteiger charge is 2.18. The molecule has 0 radical (unpaired) electrons. The highest BCUT2D eigenvalue weighted by atomic mass is 16.3. The average Bonchev–Trinajstić information content (AvgIpc) is 2.14. The lowest BCUT2D eigenvalue weighted by atomic mass is 10.1. The van der Waals surface area contributed by atoms with Crippen LogP contribution in [0.5, 0.6) is 0 Å². The van der Waals surface area contributed by atoms with Crippen molar-refractivity contribution in [2.24, 2.45) is 5.73 Å². The smallest absolute Gasteiger partial charge is 0.124 e. The first-order valence-corrected chi connectivity index (χ1v) is 5.59. The topological polar surface area (TPSA) is 73.3 Å². The number of amidine groups is 1. The molecule has 0 fully saturated rings. The van der Waals surface area contributed by atoms with Crippen molar-refractivity contribution in [3.05, 3.63) is 29.3 Å². The quantitative estimate of drug-likeness (QED) is 0.547. The van der Waals surface area contributed by atoms with Gasteiger partial charge < -0.3 is 15.7 Å². The monoisotopic (exact) mass is 235 g/mol. The van der Waals surface area contributed by atoms with Crippen LogP contribution in [0.25, 0.3) is 0 Å². The molecule has 0 amide bonds. The van der Waals surface area contributed by atoms with E-state index in [1.54, 1.807) is 13.8 Å². The van der Waals surface area contributed by atoms with E-state index in [2.05, 4.69) is 0 Å². The molecule has 1 aromatic carbocycles. The highest BCUT2D eigenvalue weighted by molar-refractivity contribution is 6.00. The molecule has 0 aliphatic rings. The third-order valence-corrected chi connectivity index (χ3v) is 2.48. The van der Waals surface area contributed by atoms with Gasteiger partial charge in [0.15, 0.2) is 0 Å². The molecule has 1 rings (SSSR count). The standard InChI is InChI=1S/C13H21N3O/c1-9-5-6-10(12(14)15)11(7-9)16(4)8-13(2,3)17/h5-7,17H,8H2,1-4H3,(H3,14,15). The van der Waals surface area contributed by atoms with Gasteiger partial charge in [0, 0.05) is 24.8 Å². The second-order valence-electron chi connectivity index (χ2n) is 5.10. The van der Waals surface area contributed by atoms with Crippen molar-refractivity contribution >= 4 is 11.5 Å². The fourth-order valence-electron chi connectivity index (χ4n) is 1.85. The molecule has 0 aliphatic heterocycles. The first-order valence-electron chi connectivity index (χ1n) is 5.59. The van der Waals surface area contributed by atoms with Gasteiger partial charge in [-0.1, -0.05) is 6.07 Å². The van der Waals surface area contributed by atoms with E-state index < -0.39 is 5.60 Å². The molecule has 4 N–H and O–H groups in total. The van der Waals surface area contributed by atoms with E-state index in [4.69, 9.17) is 11.1 Å².